The van der Waals surface area contributed by atoms with Gasteiger partial charge in [-0.3, -0.25) is 5.41 Å². The van der Waals surface area contributed by atoms with Crippen LogP contribution in [0.3, 0.4) is 0 Å². The number of benzene rings is 1. The molecule has 0 aromatic heterocycles. The van der Waals surface area contributed by atoms with Gasteiger partial charge >= 0.3 is 0 Å². The van der Waals surface area contributed by atoms with Crippen LogP contribution >= 0.6 is 0 Å². The van der Waals surface area contributed by atoms with Gasteiger partial charge in [0.2, 0.25) is 0 Å². The lowest BCUT2D eigenvalue weighted by Gasteiger charge is -2.11. The van der Waals surface area contributed by atoms with Crippen molar-refractivity contribution >= 4 is 5.84 Å². The van der Waals surface area contributed by atoms with Gasteiger partial charge in [0.05, 0.1) is 12.2 Å². The summed E-state index contributed by atoms with van der Waals surface area (Å²) >= 11 is 0. The number of ether oxygens (including phenoxy) is 3. The second kappa shape index (κ2) is 8.44. The first-order chi connectivity index (χ1) is 9.16. The highest BCUT2D eigenvalue weighted by molar-refractivity contribution is 5.97. The Morgan fingerprint density at radius 1 is 1.26 bits per heavy atom. The molecule has 0 heterocycles. The van der Waals surface area contributed by atoms with E-state index in [4.69, 9.17) is 25.4 Å². The molecule has 0 amide bonds. The van der Waals surface area contributed by atoms with Crippen molar-refractivity contribution in [2.24, 2.45) is 5.73 Å². The first kappa shape index (κ1) is 15.4. The Bertz CT molecular complexity index is 413. The number of nitrogens with two attached hydrogens (primary N) is 1. The van der Waals surface area contributed by atoms with Crippen LogP contribution < -0.4 is 10.5 Å². The van der Waals surface area contributed by atoms with Gasteiger partial charge in [0.1, 0.15) is 24.0 Å². The van der Waals surface area contributed by atoms with E-state index in [1.165, 1.54) is 12.1 Å². The Morgan fingerprint density at radius 3 is 2.74 bits per heavy atom. The van der Waals surface area contributed by atoms with E-state index in [2.05, 4.69) is 0 Å². The molecule has 3 N–H and O–H groups in total. The van der Waals surface area contributed by atoms with E-state index in [9.17, 15) is 4.39 Å². The molecule has 0 aliphatic heterocycles. The number of hydrogen-bond donors (Lipinski definition) is 2. The van der Waals surface area contributed by atoms with Crippen LogP contribution in [-0.2, 0) is 9.47 Å². The molecule has 0 aliphatic carbocycles. The maximum absolute atomic E-state index is 13.5. The predicted octanol–water partition coefficient (Wildman–Crippen LogP) is 1.54. The van der Waals surface area contributed by atoms with Crippen LogP contribution in [0.1, 0.15) is 12.0 Å². The highest BCUT2D eigenvalue weighted by Crippen LogP contribution is 2.20. The van der Waals surface area contributed by atoms with Gasteiger partial charge in [0.25, 0.3) is 0 Å². The third-order valence-electron chi connectivity index (χ3n) is 2.37. The zero-order chi connectivity index (χ0) is 14.1. The number of halogens is 1. The van der Waals surface area contributed by atoms with Gasteiger partial charge in [-0.15, -0.1) is 0 Å². The van der Waals surface area contributed by atoms with E-state index >= 15 is 0 Å². The van der Waals surface area contributed by atoms with Gasteiger partial charge in [0.15, 0.2) is 0 Å². The van der Waals surface area contributed by atoms with E-state index in [0.717, 1.165) is 6.42 Å². The molecule has 0 atom stereocenters. The smallest absolute Gasteiger partial charge is 0.137 e. The summed E-state index contributed by atoms with van der Waals surface area (Å²) in [6.07, 6.45) is 0.815. The van der Waals surface area contributed by atoms with Crippen LogP contribution in [0.5, 0.6) is 5.75 Å². The van der Waals surface area contributed by atoms with Gasteiger partial charge in [-0.2, -0.15) is 0 Å². The van der Waals surface area contributed by atoms with E-state index in [1.54, 1.807) is 13.2 Å². The van der Waals surface area contributed by atoms with E-state index in [-0.39, 0.29) is 23.8 Å². The summed E-state index contributed by atoms with van der Waals surface area (Å²) in [5.41, 5.74) is 5.31. The molecule has 1 aromatic carbocycles. The van der Waals surface area contributed by atoms with Gasteiger partial charge in [-0.25, -0.2) is 4.39 Å². The molecule has 5 nitrogen and oxygen atoms in total. The van der Waals surface area contributed by atoms with Crippen LogP contribution in [-0.4, -0.2) is 39.4 Å². The fraction of sp³-hybridized carbons (Fsp3) is 0.462. The summed E-state index contributed by atoms with van der Waals surface area (Å²) in [5, 5.41) is 7.32. The SMILES string of the molecule is COCCCOCCOc1cccc(F)c1C(=N)N. The number of rotatable bonds is 9. The van der Waals surface area contributed by atoms with Crippen molar-refractivity contribution in [3.05, 3.63) is 29.6 Å². The minimum atomic E-state index is -0.564. The summed E-state index contributed by atoms with van der Waals surface area (Å²) in [6.45, 7) is 1.90. The minimum absolute atomic E-state index is 0.0121. The molecule has 0 radical (unpaired) electrons. The number of hydrogen-bond acceptors (Lipinski definition) is 4. The second-order valence-electron chi connectivity index (χ2n) is 3.83. The van der Waals surface area contributed by atoms with Crippen LogP contribution in [0.15, 0.2) is 18.2 Å². The molecular formula is C13H19FN2O3. The van der Waals surface area contributed by atoms with Crippen LogP contribution in [0.25, 0.3) is 0 Å². The number of nitrogen functional groups attached to an aromatic ring is 1. The first-order valence-corrected chi connectivity index (χ1v) is 5.99. The third-order valence-corrected chi connectivity index (χ3v) is 2.37. The lowest BCUT2D eigenvalue weighted by Crippen LogP contribution is -2.16. The van der Waals surface area contributed by atoms with Crippen molar-refractivity contribution in [1.29, 1.82) is 5.41 Å². The molecule has 6 heteroatoms. The van der Waals surface area contributed by atoms with Gasteiger partial charge in [-0.05, 0) is 18.6 Å². The monoisotopic (exact) mass is 270 g/mol. The minimum Gasteiger partial charge on any atom is -0.490 e. The molecule has 0 unspecified atom stereocenters. The quantitative estimate of drug-likeness (QED) is 0.405. The topological polar surface area (TPSA) is 77.6 Å². The van der Waals surface area contributed by atoms with E-state index < -0.39 is 5.82 Å². The Hall–Kier alpha value is -1.66. The summed E-state index contributed by atoms with van der Waals surface area (Å²) in [4.78, 5) is 0. The third kappa shape index (κ3) is 5.23. The van der Waals surface area contributed by atoms with Crippen molar-refractivity contribution in [1.82, 2.24) is 0 Å². The van der Waals surface area contributed by atoms with Gasteiger partial charge < -0.3 is 19.9 Å². The van der Waals surface area contributed by atoms with Crippen LogP contribution in [0.4, 0.5) is 4.39 Å². The molecule has 0 fully saturated rings. The predicted molar refractivity (Wildman–Crippen MR) is 70.2 cm³/mol. The highest BCUT2D eigenvalue weighted by atomic mass is 19.1. The summed E-state index contributed by atoms with van der Waals surface area (Å²) in [5.74, 6) is -0.659. The fourth-order valence-corrected chi connectivity index (χ4v) is 1.50. The zero-order valence-electron chi connectivity index (χ0n) is 10.9. The maximum atomic E-state index is 13.5. The molecule has 1 aromatic rings. The molecule has 0 saturated heterocycles. The molecule has 19 heavy (non-hydrogen) atoms. The maximum Gasteiger partial charge on any atom is 0.137 e. The van der Waals surface area contributed by atoms with E-state index in [0.29, 0.717) is 19.8 Å². The largest absolute Gasteiger partial charge is 0.490 e. The molecule has 106 valence electrons. The normalized spacial score (nSPS) is 10.4. The van der Waals surface area contributed by atoms with Crippen molar-refractivity contribution in [2.45, 2.75) is 6.42 Å². The van der Waals surface area contributed by atoms with E-state index in [1.807, 2.05) is 0 Å². The number of amidine groups is 1. The highest BCUT2D eigenvalue weighted by Gasteiger charge is 2.12. The average Bonchev–Trinajstić information content (AvgIpc) is 2.37. The molecule has 0 bridgehead atoms. The molecule has 0 spiro atoms. The summed E-state index contributed by atoms with van der Waals surface area (Å²) < 4.78 is 29.0. The van der Waals surface area contributed by atoms with Crippen molar-refractivity contribution in [3.63, 3.8) is 0 Å². The zero-order valence-corrected chi connectivity index (χ0v) is 10.9. The Balaban J connectivity index is 2.37. The Kier molecular flexibility index (Phi) is 6.84. The fourth-order valence-electron chi connectivity index (χ4n) is 1.50. The first-order valence-electron chi connectivity index (χ1n) is 5.99. The van der Waals surface area contributed by atoms with Crippen molar-refractivity contribution < 1.29 is 18.6 Å². The summed E-state index contributed by atoms with van der Waals surface area (Å²) in [6, 6.07) is 4.33. The molecule has 0 saturated carbocycles. The molecule has 0 aliphatic rings. The number of nitrogens with one attached hydrogen (secondary N) is 1. The van der Waals surface area contributed by atoms with Crippen LogP contribution in [0.2, 0.25) is 0 Å². The Labute approximate surface area is 112 Å². The van der Waals surface area contributed by atoms with Gasteiger partial charge in [0, 0.05) is 20.3 Å². The second-order valence-corrected chi connectivity index (χ2v) is 3.83. The van der Waals surface area contributed by atoms with Crippen molar-refractivity contribution in [2.75, 3.05) is 33.5 Å². The lowest BCUT2D eigenvalue weighted by atomic mass is 10.1. The average molecular weight is 270 g/mol. The molecular weight excluding hydrogens is 251 g/mol. The Morgan fingerprint density at radius 2 is 2.05 bits per heavy atom. The number of methoxy groups -OCH3 is 1. The van der Waals surface area contributed by atoms with Crippen molar-refractivity contribution in [3.8, 4) is 5.75 Å². The summed E-state index contributed by atoms with van der Waals surface area (Å²) in [7, 11) is 1.64. The molecule has 1 rings (SSSR count). The van der Waals surface area contributed by atoms with Crippen LogP contribution in [0, 0.1) is 11.2 Å². The van der Waals surface area contributed by atoms with Gasteiger partial charge in [-0.1, -0.05) is 6.07 Å². The standard InChI is InChI=1S/C13H19FN2O3/c1-17-6-3-7-18-8-9-19-11-5-2-4-10(14)12(11)13(15)16/h2,4-5H,3,6-9H2,1H3,(H3,15,16). The lowest BCUT2D eigenvalue weighted by molar-refractivity contribution is 0.0805.